The highest BCUT2D eigenvalue weighted by Gasteiger charge is 2.43. The topological polar surface area (TPSA) is 58.2 Å². The molecule has 0 unspecified atom stereocenters. The minimum Gasteiger partial charge on any atom is -0.348 e. The van der Waals surface area contributed by atoms with Crippen LogP contribution in [0.1, 0.15) is 29.8 Å². The van der Waals surface area contributed by atoms with Gasteiger partial charge in [0, 0.05) is 23.4 Å². The molecule has 0 bridgehead atoms. The van der Waals surface area contributed by atoms with Crippen molar-refractivity contribution in [3.63, 3.8) is 0 Å². The molecule has 0 aliphatic carbocycles. The average Bonchev–Trinajstić information content (AvgIpc) is 2.57. The molecule has 0 aliphatic rings. The Labute approximate surface area is 151 Å². The Morgan fingerprint density at radius 1 is 0.926 bits per heavy atom. The van der Waals surface area contributed by atoms with Crippen molar-refractivity contribution in [2.24, 2.45) is 0 Å². The molecule has 0 aromatic heterocycles. The molecule has 0 spiro atoms. The van der Waals surface area contributed by atoms with Gasteiger partial charge in [0.2, 0.25) is 0 Å². The lowest BCUT2D eigenvalue weighted by Gasteiger charge is -2.19. The van der Waals surface area contributed by atoms with Gasteiger partial charge in [0.1, 0.15) is 5.82 Å². The number of benzene rings is 2. The minimum atomic E-state index is -4.22. The van der Waals surface area contributed by atoms with E-state index in [1.165, 1.54) is 13.8 Å². The van der Waals surface area contributed by atoms with Gasteiger partial charge < -0.3 is 10.6 Å². The predicted octanol–water partition coefficient (Wildman–Crippen LogP) is 3.97. The van der Waals surface area contributed by atoms with Crippen LogP contribution in [0, 0.1) is 17.5 Å². The minimum absolute atomic E-state index is 0.130. The Morgan fingerprint density at radius 2 is 1.56 bits per heavy atom. The van der Waals surface area contributed by atoms with Crippen molar-refractivity contribution >= 4 is 17.5 Å². The van der Waals surface area contributed by atoms with Gasteiger partial charge in [0.15, 0.2) is 11.6 Å². The van der Waals surface area contributed by atoms with Gasteiger partial charge in [-0.1, -0.05) is 0 Å². The SMILES string of the molecule is CC(C)NC(=O)C(F)(F)c1cc(C(=O)Nc2ccc(F)c(F)c2)ccc1F. The lowest BCUT2D eigenvalue weighted by molar-refractivity contribution is -0.148. The Hall–Kier alpha value is -2.97. The number of carbonyl (C=O) groups is 2. The van der Waals surface area contributed by atoms with Crippen molar-refractivity contribution in [1.29, 1.82) is 0 Å². The number of alkyl halides is 2. The number of anilines is 1. The van der Waals surface area contributed by atoms with Crippen LogP contribution < -0.4 is 10.6 Å². The molecule has 0 atom stereocenters. The Kier molecular flexibility index (Phi) is 5.82. The quantitative estimate of drug-likeness (QED) is 0.764. The largest absolute Gasteiger partial charge is 0.352 e. The van der Waals surface area contributed by atoms with E-state index in [1.807, 2.05) is 5.32 Å². The Balaban J connectivity index is 2.31. The zero-order valence-corrected chi connectivity index (χ0v) is 14.2. The van der Waals surface area contributed by atoms with Crippen molar-refractivity contribution in [3.05, 3.63) is 65.0 Å². The zero-order chi connectivity index (χ0) is 20.4. The number of amides is 2. The molecule has 27 heavy (non-hydrogen) atoms. The third-order valence-electron chi connectivity index (χ3n) is 3.45. The average molecular weight is 386 g/mol. The van der Waals surface area contributed by atoms with Gasteiger partial charge in [-0.2, -0.15) is 8.78 Å². The fraction of sp³-hybridized carbons (Fsp3) is 0.222. The summed E-state index contributed by atoms with van der Waals surface area (Å²) in [6.07, 6.45) is 0. The highest BCUT2D eigenvalue weighted by Crippen LogP contribution is 2.31. The molecule has 0 radical (unpaired) electrons. The maximum Gasteiger partial charge on any atom is 0.352 e. The monoisotopic (exact) mass is 386 g/mol. The van der Waals surface area contributed by atoms with Gasteiger partial charge in [-0.15, -0.1) is 0 Å². The summed E-state index contributed by atoms with van der Waals surface area (Å²) < 4.78 is 68.5. The lowest BCUT2D eigenvalue weighted by Crippen LogP contribution is -2.42. The van der Waals surface area contributed by atoms with E-state index in [1.54, 1.807) is 0 Å². The molecule has 2 amide bonds. The summed E-state index contributed by atoms with van der Waals surface area (Å²) in [6.45, 7) is 2.91. The molecule has 0 saturated heterocycles. The van der Waals surface area contributed by atoms with Gasteiger partial charge in [-0.05, 0) is 44.2 Å². The first-order valence-corrected chi connectivity index (χ1v) is 7.77. The van der Waals surface area contributed by atoms with Crippen LogP contribution in [0.15, 0.2) is 36.4 Å². The van der Waals surface area contributed by atoms with Gasteiger partial charge in [-0.25, -0.2) is 13.2 Å². The number of hydrogen-bond acceptors (Lipinski definition) is 2. The molecule has 0 fully saturated rings. The molecule has 144 valence electrons. The van der Waals surface area contributed by atoms with Crippen molar-refractivity contribution in [1.82, 2.24) is 5.32 Å². The van der Waals surface area contributed by atoms with E-state index in [0.717, 1.165) is 18.2 Å². The highest BCUT2D eigenvalue weighted by molar-refractivity contribution is 6.04. The van der Waals surface area contributed by atoms with E-state index in [9.17, 15) is 31.5 Å². The Bertz CT molecular complexity index is 884. The number of halogens is 5. The fourth-order valence-corrected chi connectivity index (χ4v) is 2.16. The van der Waals surface area contributed by atoms with Crippen LogP contribution in [-0.4, -0.2) is 17.9 Å². The number of hydrogen-bond donors (Lipinski definition) is 2. The van der Waals surface area contributed by atoms with E-state index < -0.39 is 52.4 Å². The van der Waals surface area contributed by atoms with Crippen molar-refractivity contribution in [3.8, 4) is 0 Å². The maximum absolute atomic E-state index is 14.3. The predicted molar refractivity (Wildman–Crippen MR) is 87.9 cm³/mol. The molecular weight excluding hydrogens is 371 g/mol. The van der Waals surface area contributed by atoms with Crippen LogP contribution in [0.4, 0.5) is 27.6 Å². The van der Waals surface area contributed by atoms with E-state index >= 15 is 0 Å². The van der Waals surface area contributed by atoms with Gasteiger partial charge in [-0.3, -0.25) is 9.59 Å². The van der Waals surface area contributed by atoms with Crippen LogP contribution in [-0.2, 0) is 10.7 Å². The van der Waals surface area contributed by atoms with E-state index in [2.05, 4.69) is 5.32 Å². The summed E-state index contributed by atoms with van der Waals surface area (Å²) in [6, 6.07) is 3.99. The molecular formula is C18H15F5N2O2. The smallest absolute Gasteiger partial charge is 0.348 e. The third kappa shape index (κ3) is 4.60. The van der Waals surface area contributed by atoms with Crippen molar-refractivity contribution < 1.29 is 31.5 Å². The van der Waals surface area contributed by atoms with Crippen LogP contribution in [0.5, 0.6) is 0 Å². The summed E-state index contributed by atoms with van der Waals surface area (Å²) in [5.74, 6) is -10.6. The summed E-state index contributed by atoms with van der Waals surface area (Å²) in [5.41, 5.74) is -1.80. The van der Waals surface area contributed by atoms with Crippen LogP contribution >= 0.6 is 0 Å². The first-order valence-electron chi connectivity index (χ1n) is 7.77. The number of rotatable bonds is 5. The molecule has 2 N–H and O–H groups in total. The summed E-state index contributed by atoms with van der Waals surface area (Å²) >= 11 is 0. The fourth-order valence-electron chi connectivity index (χ4n) is 2.16. The van der Waals surface area contributed by atoms with Gasteiger partial charge in [0.25, 0.3) is 11.8 Å². The second kappa shape index (κ2) is 7.73. The highest BCUT2D eigenvalue weighted by atomic mass is 19.3. The number of nitrogens with one attached hydrogen (secondary N) is 2. The maximum atomic E-state index is 14.3. The molecule has 0 saturated carbocycles. The second-order valence-corrected chi connectivity index (χ2v) is 5.98. The summed E-state index contributed by atoms with van der Waals surface area (Å²) in [7, 11) is 0. The zero-order valence-electron chi connectivity index (χ0n) is 14.2. The number of carbonyl (C=O) groups excluding carboxylic acids is 2. The standard InChI is InChI=1S/C18H15F5N2O2/c1-9(2)24-17(27)18(22,23)12-7-10(3-5-13(12)19)16(26)25-11-4-6-14(20)15(21)8-11/h3-9H,1-2H3,(H,24,27)(H,25,26). The molecule has 4 nitrogen and oxygen atoms in total. The molecule has 0 heterocycles. The van der Waals surface area contributed by atoms with Crippen LogP contribution in [0.3, 0.4) is 0 Å². The van der Waals surface area contributed by atoms with Crippen LogP contribution in [0.2, 0.25) is 0 Å². The first-order chi connectivity index (χ1) is 12.5. The normalized spacial score (nSPS) is 11.4. The Morgan fingerprint density at radius 3 is 2.15 bits per heavy atom. The molecule has 2 aromatic rings. The van der Waals surface area contributed by atoms with E-state index in [4.69, 9.17) is 0 Å². The second-order valence-electron chi connectivity index (χ2n) is 5.98. The van der Waals surface area contributed by atoms with E-state index in [0.29, 0.717) is 18.2 Å². The van der Waals surface area contributed by atoms with Crippen molar-refractivity contribution in [2.45, 2.75) is 25.8 Å². The van der Waals surface area contributed by atoms with Gasteiger partial charge >= 0.3 is 5.92 Å². The lowest BCUT2D eigenvalue weighted by atomic mass is 10.0. The summed E-state index contributed by atoms with van der Waals surface area (Å²) in [5, 5.41) is 4.15. The summed E-state index contributed by atoms with van der Waals surface area (Å²) in [4.78, 5) is 23.8. The molecule has 0 aliphatic heterocycles. The molecule has 2 aromatic carbocycles. The first kappa shape index (κ1) is 20.3. The van der Waals surface area contributed by atoms with Crippen LogP contribution in [0.25, 0.3) is 0 Å². The molecule has 2 rings (SSSR count). The molecule has 9 heteroatoms. The third-order valence-corrected chi connectivity index (χ3v) is 3.45. The van der Waals surface area contributed by atoms with E-state index in [-0.39, 0.29) is 5.69 Å². The van der Waals surface area contributed by atoms with Crippen molar-refractivity contribution in [2.75, 3.05) is 5.32 Å². The van der Waals surface area contributed by atoms with Gasteiger partial charge in [0.05, 0.1) is 5.56 Å².